The van der Waals surface area contributed by atoms with E-state index in [1.807, 2.05) is 62.4 Å². The Morgan fingerprint density at radius 3 is 2.24 bits per heavy atom. The van der Waals surface area contributed by atoms with Gasteiger partial charge in [0.1, 0.15) is 18.4 Å². The molecule has 1 fully saturated rings. The van der Waals surface area contributed by atoms with E-state index >= 15 is 0 Å². The number of carbonyl (C=O) groups is 3. The lowest BCUT2D eigenvalue weighted by Gasteiger charge is -2.29. The molecule has 0 aromatic heterocycles. The number of hydrogen-bond acceptors (Lipinski definition) is 6. The van der Waals surface area contributed by atoms with Gasteiger partial charge in [0.15, 0.2) is 5.78 Å². The monoisotopic (exact) mass is 516 g/mol. The molecule has 0 saturated carbocycles. The molecule has 1 amide bonds. The molecule has 2 aromatic rings. The van der Waals surface area contributed by atoms with Crippen molar-refractivity contribution in [1.29, 1.82) is 0 Å². The molecule has 0 unspecified atom stereocenters. The fourth-order valence-electron chi connectivity index (χ4n) is 6.06. The lowest BCUT2D eigenvalue weighted by molar-refractivity contribution is -0.141. The highest BCUT2D eigenvalue weighted by Crippen LogP contribution is 2.44. The summed E-state index contributed by atoms with van der Waals surface area (Å²) in [5.74, 6) is -1.44. The number of nitrogens with zero attached hydrogens (tertiary/aromatic N) is 2. The van der Waals surface area contributed by atoms with Gasteiger partial charge in [-0.3, -0.25) is 14.7 Å². The van der Waals surface area contributed by atoms with Crippen LogP contribution < -0.4 is 0 Å². The molecule has 2 N–H and O–H groups in total. The van der Waals surface area contributed by atoms with Gasteiger partial charge in [-0.05, 0) is 34.6 Å². The molecule has 3 aliphatic rings. The number of aliphatic hydroxyl groups is 1. The number of amides is 1. The van der Waals surface area contributed by atoms with Crippen molar-refractivity contribution in [3.05, 3.63) is 71.0 Å². The summed E-state index contributed by atoms with van der Waals surface area (Å²) in [6.07, 6.45) is 0.0695. The number of allylic oxidation sites excluding steroid dienone is 2. The van der Waals surface area contributed by atoms with Gasteiger partial charge < -0.3 is 14.9 Å². The van der Waals surface area contributed by atoms with Crippen LogP contribution in [0.4, 0.5) is 4.79 Å². The maximum absolute atomic E-state index is 13.1. The fraction of sp³-hybridized carbons (Fsp3) is 0.400. The van der Waals surface area contributed by atoms with Crippen LogP contribution in [0.25, 0.3) is 11.1 Å². The number of aliphatic hydroxyl groups excluding tert-OH is 1. The molecule has 1 heterocycles. The first-order valence-corrected chi connectivity index (χ1v) is 12.9. The third kappa shape index (κ3) is 4.71. The van der Waals surface area contributed by atoms with Crippen LogP contribution in [0.1, 0.15) is 57.1 Å². The van der Waals surface area contributed by atoms with Crippen molar-refractivity contribution < 1.29 is 29.3 Å². The number of rotatable bonds is 5. The van der Waals surface area contributed by atoms with E-state index in [4.69, 9.17) is 4.74 Å². The minimum absolute atomic E-state index is 0.00803. The van der Waals surface area contributed by atoms with Crippen LogP contribution in [-0.2, 0) is 14.3 Å². The van der Waals surface area contributed by atoms with Gasteiger partial charge in [-0.1, -0.05) is 62.4 Å². The molecule has 2 aromatic carbocycles. The van der Waals surface area contributed by atoms with Gasteiger partial charge in [-0.25, -0.2) is 9.59 Å². The normalized spacial score (nSPS) is 22.9. The number of benzene rings is 2. The molecular weight excluding hydrogens is 484 g/mol. The molecule has 2 aliphatic carbocycles. The van der Waals surface area contributed by atoms with Gasteiger partial charge in [-0.2, -0.15) is 0 Å². The first kappa shape index (κ1) is 25.7. The molecule has 8 heteroatoms. The van der Waals surface area contributed by atoms with Crippen LogP contribution in [0.15, 0.2) is 64.9 Å². The van der Waals surface area contributed by atoms with Crippen LogP contribution in [0.5, 0.6) is 0 Å². The van der Waals surface area contributed by atoms with Crippen LogP contribution in [0.2, 0.25) is 0 Å². The number of aliphatic imine (C=N–C) groups is 1. The number of hydrogen-bond donors (Lipinski definition) is 2. The second-order valence-electron chi connectivity index (χ2n) is 11.2. The van der Waals surface area contributed by atoms with E-state index in [9.17, 15) is 24.6 Å². The smallest absolute Gasteiger partial charge is 0.410 e. The summed E-state index contributed by atoms with van der Waals surface area (Å²) in [5, 5.41) is 20.3. The third-order valence-corrected chi connectivity index (χ3v) is 7.73. The topological polar surface area (TPSA) is 116 Å². The zero-order valence-corrected chi connectivity index (χ0v) is 21.8. The quantitative estimate of drug-likeness (QED) is 0.533. The van der Waals surface area contributed by atoms with Crippen LogP contribution in [-0.4, -0.2) is 63.9 Å². The van der Waals surface area contributed by atoms with Gasteiger partial charge in [0.05, 0.1) is 11.6 Å². The first-order valence-electron chi connectivity index (χ1n) is 12.9. The van der Waals surface area contributed by atoms with E-state index < -0.39 is 24.1 Å². The largest absolute Gasteiger partial charge is 0.511 e. The van der Waals surface area contributed by atoms with Crippen molar-refractivity contribution >= 4 is 23.6 Å². The molecule has 0 radical (unpaired) electrons. The number of Topliss-reactive ketones (excluding diaryl/α,β-unsaturated/α-hetero) is 1. The highest BCUT2D eigenvalue weighted by atomic mass is 16.6. The van der Waals surface area contributed by atoms with E-state index in [-0.39, 0.29) is 48.0 Å². The molecule has 38 heavy (non-hydrogen) atoms. The summed E-state index contributed by atoms with van der Waals surface area (Å²) in [6, 6.07) is 14.4. The van der Waals surface area contributed by atoms with Gasteiger partial charge in [-0.15, -0.1) is 0 Å². The van der Waals surface area contributed by atoms with Gasteiger partial charge in [0, 0.05) is 37.4 Å². The van der Waals surface area contributed by atoms with E-state index in [1.165, 1.54) is 4.90 Å². The van der Waals surface area contributed by atoms with E-state index in [0.717, 1.165) is 22.3 Å². The summed E-state index contributed by atoms with van der Waals surface area (Å²) >= 11 is 0. The minimum Gasteiger partial charge on any atom is -0.511 e. The number of fused-ring (bicyclic) bond motifs is 3. The summed E-state index contributed by atoms with van der Waals surface area (Å²) < 4.78 is 5.70. The number of ether oxygens (including phenoxy) is 1. The average Bonchev–Trinajstić information content (AvgIpc) is 3.41. The van der Waals surface area contributed by atoms with E-state index in [0.29, 0.717) is 18.6 Å². The Morgan fingerprint density at radius 2 is 1.66 bits per heavy atom. The molecule has 8 nitrogen and oxygen atoms in total. The average molecular weight is 517 g/mol. The number of carboxylic acid groups (broad SMARTS) is 1. The van der Waals surface area contributed by atoms with Gasteiger partial charge >= 0.3 is 12.1 Å². The van der Waals surface area contributed by atoms with Crippen molar-refractivity contribution in [3.8, 4) is 11.1 Å². The zero-order chi connectivity index (χ0) is 27.2. The number of carbonyl (C=O) groups excluding carboxylic acids is 2. The first-order chi connectivity index (χ1) is 18.1. The predicted molar refractivity (Wildman–Crippen MR) is 142 cm³/mol. The molecule has 1 aliphatic heterocycles. The Labute approximate surface area is 221 Å². The molecule has 0 spiro atoms. The van der Waals surface area contributed by atoms with Gasteiger partial charge in [0.25, 0.3) is 0 Å². The van der Waals surface area contributed by atoms with Crippen molar-refractivity contribution in [2.75, 3.05) is 13.2 Å². The van der Waals surface area contributed by atoms with Crippen molar-refractivity contribution in [2.45, 2.75) is 58.0 Å². The third-order valence-electron chi connectivity index (χ3n) is 7.73. The summed E-state index contributed by atoms with van der Waals surface area (Å²) in [5.41, 5.74) is 4.61. The number of aliphatic carboxylic acids is 1. The van der Waals surface area contributed by atoms with Crippen molar-refractivity contribution in [3.63, 3.8) is 0 Å². The zero-order valence-electron chi connectivity index (χ0n) is 21.8. The molecule has 0 bridgehead atoms. The Balaban J connectivity index is 1.31. The molecule has 5 rings (SSSR count). The number of carboxylic acids is 1. The Hall–Kier alpha value is -3.94. The van der Waals surface area contributed by atoms with Crippen LogP contribution in [0, 0.1) is 5.41 Å². The highest BCUT2D eigenvalue weighted by Gasteiger charge is 2.42. The minimum atomic E-state index is -1.13. The molecular formula is C30H32N2O6. The number of likely N-dealkylation sites (tertiary alicyclic amines) is 1. The summed E-state index contributed by atoms with van der Waals surface area (Å²) in [6.45, 7) is 5.63. The molecule has 1 saturated heterocycles. The summed E-state index contributed by atoms with van der Waals surface area (Å²) in [7, 11) is 0. The SMILES string of the molecule is CC(=N[C@@H]1C[C@H](C(=O)O)N(C(=O)OCC2c3ccccc3-c3ccccc32)C1)C1=C(O)CC(C)(C)CC1=O. The maximum Gasteiger partial charge on any atom is 0.410 e. The van der Waals surface area contributed by atoms with Crippen LogP contribution >= 0.6 is 0 Å². The van der Waals surface area contributed by atoms with Crippen LogP contribution in [0.3, 0.4) is 0 Å². The molecule has 2 atom stereocenters. The molecule has 198 valence electrons. The lowest BCUT2D eigenvalue weighted by Crippen LogP contribution is -2.41. The van der Waals surface area contributed by atoms with Crippen molar-refractivity contribution in [2.24, 2.45) is 10.4 Å². The van der Waals surface area contributed by atoms with Gasteiger partial charge in [0.2, 0.25) is 0 Å². The second-order valence-corrected chi connectivity index (χ2v) is 11.2. The van der Waals surface area contributed by atoms with E-state index in [1.54, 1.807) is 6.92 Å². The Kier molecular flexibility index (Phi) is 6.59. The summed E-state index contributed by atoms with van der Waals surface area (Å²) in [4.78, 5) is 43.6. The lowest BCUT2D eigenvalue weighted by atomic mass is 9.76. The fourth-order valence-corrected chi connectivity index (χ4v) is 6.06. The maximum atomic E-state index is 13.1. The van der Waals surface area contributed by atoms with E-state index in [2.05, 4.69) is 4.99 Å². The Morgan fingerprint density at radius 1 is 1.05 bits per heavy atom. The standard InChI is InChI=1S/C30H32N2O6/c1-17(27-25(33)13-30(2,3)14-26(27)34)31-18-12-24(28(35)36)32(15-18)29(37)38-16-23-21-10-6-4-8-19(21)20-9-5-7-11-22(20)23/h4-11,18,23-24,33H,12-16H2,1-3H3,(H,35,36)/t18-,24-/m1/s1. The number of ketones is 1. The predicted octanol–water partition coefficient (Wildman–Crippen LogP) is 5.13. The Bertz CT molecular complexity index is 1330. The van der Waals surface area contributed by atoms with Crippen molar-refractivity contribution in [1.82, 2.24) is 4.90 Å². The second kappa shape index (κ2) is 9.74. The highest BCUT2D eigenvalue weighted by molar-refractivity contribution is 6.22.